The molecule has 0 unspecified atom stereocenters. The van der Waals surface area contributed by atoms with Gasteiger partial charge in [-0.05, 0) is 49.8 Å². The molecule has 1 aromatic rings. The maximum atomic E-state index is 5.85. The van der Waals surface area contributed by atoms with Crippen molar-refractivity contribution in [2.24, 2.45) is 11.7 Å². The SMILES string of the molecule is Cc1cc([C@@H](C)N)ccc1OCCCC(C)C. The van der Waals surface area contributed by atoms with Crippen molar-refractivity contribution in [3.8, 4) is 5.75 Å². The van der Waals surface area contributed by atoms with Gasteiger partial charge in [-0.15, -0.1) is 0 Å². The first-order valence-electron chi connectivity index (χ1n) is 6.49. The van der Waals surface area contributed by atoms with Gasteiger partial charge in [-0.2, -0.15) is 0 Å². The zero-order chi connectivity index (χ0) is 12.8. The number of hydrogen-bond acceptors (Lipinski definition) is 2. The second-order valence-corrected chi connectivity index (χ2v) is 5.20. The fourth-order valence-electron chi connectivity index (χ4n) is 1.79. The largest absolute Gasteiger partial charge is 0.493 e. The highest BCUT2D eigenvalue weighted by Gasteiger charge is 2.04. The first-order valence-corrected chi connectivity index (χ1v) is 6.49. The summed E-state index contributed by atoms with van der Waals surface area (Å²) < 4.78 is 5.78. The summed E-state index contributed by atoms with van der Waals surface area (Å²) >= 11 is 0. The van der Waals surface area contributed by atoms with E-state index in [4.69, 9.17) is 10.5 Å². The third-order valence-electron chi connectivity index (χ3n) is 2.91. The predicted molar refractivity (Wildman–Crippen MR) is 73.3 cm³/mol. The fraction of sp³-hybridized carbons (Fsp3) is 0.600. The van der Waals surface area contributed by atoms with Gasteiger partial charge in [0.2, 0.25) is 0 Å². The maximum absolute atomic E-state index is 5.85. The smallest absolute Gasteiger partial charge is 0.122 e. The van der Waals surface area contributed by atoms with E-state index in [0.29, 0.717) is 0 Å². The summed E-state index contributed by atoms with van der Waals surface area (Å²) in [6.45, 7) is 9.35. The van der Waals surface area contributed by atoms with Gasteiger partial charge >= 0.3 is 0 Å². The van der Waals surface area contributed by atoms with E-state index in [1.807, 2.05) is 13.0 Å². The molecule has 96 valence electrons. The van der Waals surface area contributed by atoms with Gasteiger partial charge in [0.1, 0.15) is 5.75 Å². The molecule has 1 aromatic carbocycles. The van der Waals surface area contributed by atoms with E-state index in [1.165, 1.54) is 12.0 Å². The molecular formula is C15H25NO. The molecule has 0 aliphatic rings. The standard InChI is InChI=1S/C15H25NO/c1-11(2)6-5-9-17-15-8-7-14(13(4)16)10-12(15)3/h7-8,10-11,13H,5-6,9,16H2,1-4H3/t13-/m1/s1. The molecule has 0 radical (unpaired) electrons. The van der Waals surface area contributed by atoms with Crippen LogP contribution in [0, 0.1) is 12.8 Å². The van der Waals surface area contributed by atoms with Gasteiger partial charge in [0.05, 0.1) is 6.61 Å². The zero-order valence-corrected chi connectivity index (χ0v) is 11.5. The highest BCUT2D eigenvalue weighted by atomic mass is 16.5. The van der Waals surface area contributed by atoms with E-state index in [9.17, 15) is 0 Å². The summed E-state index contributed by atoms with van der Waals surface area (Å²) in [6, 6.07) is 6.28. The number of aryl methyl sites for hydroxylation is 1. The summed E-state index contributed by atoms with van der Waals surface area (Å²) in [5, 5.41) is 0. The second-order valence-electron chi connectivity index (χ2n) is 5.20. The molecule has 0 saturated carbocycles. The normalized spacial score (nSPS) is 12.8. The van der Waals surface area contributed by atoms with E-state index < -0.39 is 0 Å². The Labute approximate surface area is 105 Å². The molecule has 1 rings (SSSR count). The molecule has 0 aliphatic heterocycles. The summed E-state index contributed by atoms with van der Waals surface area (Å²) in [4.78, 5) is 0. The third-order valence-corrected chi connectivity index (χ3v) is 2.91. The lowest BCUT2D eigenvalue weighted by atomic mass is 10.1. The molecular weight excluding hydrogens is 210 g/mol. The zero-order valence-electron chi connectivity index (χ0n) is 11.5. The Morgan fingerprint density at radius 2 is 1.94 bits per heavy atom. The number of nitrogens with two attached hydrogens (primary N) is 1. The lowest BCUT2D eigenvalue weighted by Gasteiger charge is -2.12. The summed E-state index contributed by atoms with van der Waals surface area (Å²) in [5.41, 5.74) is 8.18. The highest BCUT2D eigenvalue weighted by Crippen LogP contribution is 2.22. The Hall–Kier alpha value is -1.02. The van der Waals surface area contributed by atoms with E-state index in [1.54, 1.807) is 0 Å². The van der Waals surface area contributed by atoms with Crippen LogP contribution in [0.15, 0.2) is 18.2 Å². The lowest BCUT2D eigenvalue weighted by Crippen LogP contribution is -2.06. The Balaban J connectivity index is 2.49. The summed E-state index contributed by atoms with van der Waals surface area (Å²) in [7, 11) is 0. The Kier molecular flexibility index (Phi) is 5.49. The van der Waals surface area contributed by atoms with E-state index in [-0.39, 0.29) is 6.04 Å². The van der Waals surface area contributed by atoms with Crippen LogP contribution in [0.25, 0.3) is 0 Å². The van der Waals surface area contributed by atoms with Crippen LogP contribution in [0.1, 0.15) is 50.8 Å². The van der Waals surface area contributed by atoms with Gasteiger partial charge in [-0.25, -0.2) is 0 Å². The van der Waals surface area contributed by atoms with Gasteiger partial charge in [0.25, 0.3) is 0 Å². The van der Waals surface area contributed by atoms with Crippen LogP contribution in [-0.2, 0) is 0 Å². The molecule has 0 aromatic heterocycles. The first-order chi connectivity index (χ1) is 8.00. The molecule has 2 N–H and O–H groups in total. The van der Waals surface area contributed by atoms with Crippen molar-refractivity contribution >= 4 is 0 Å². The quantitative estimate of drug-likeness (QED) is 0.760. The van der Waals surface area contributed by atoms with Crippen LogP contribution in [0.3, 0.4) is 0 Å². The van der Waals surface area contributed by atoms with E-state index in [0.717, 1.165) is 30.3 Å². The van der Waals surface area contributed by atoms with Gasteiger partial charge in [0, 0.05) is 6.04 Å². The Morgan fingerprint density at radius 1 is 1.24 bits per heavy atom. The van der Waals surface area contributed by atoms with Crippen molar-refractivity contribution < 1.29 is 4.74 Å². The van der Waals surface area contributed by atoms with Crippen molar-refractivity contribution in [1.82, 2.24) is 0 Å². The average Bonchev–Trinajstić information content (AvgIpc) is 2.25. The lowest BCUT2D eigenvalue weighted by molar-refractivity contribution is 0.296. The van der Waals surface area contributed by atoms with Crippen LogP contribution >= 0.6 is 0 Å². The molecule has 1 atom stereocenters. The topological polar surface area (TPSA) is 35.2 Å². The molecule has 2 nitrogen and oxygen atoms in total. The van der Waals surface area contributed by atoms with Crippen LogP contribution in [0.2, 0.25) is 0 Å². The van der Waals surface area contributed by atoms with Crippen molar-refractivity contribution in [2.45, 2.75) is 46.6 Å². The Bertz CT molecular complexity index is 345. The number of hydrogen-bond donors (Lipinski definition) is 1. The minimum Gasteiger partial charge on any atom is -0.493 e. The third kappa shape index (κ3) is 4.78. The molecule has 0 heterocycles. The van der Waals surface area contributed by atoms with Crippen LogP contribution < -0.4 is 10.5 Å². The fourth-order valence-corrected chi connectivity index (χ4v) is 1.79. The van der Waals surface area contributed by atoms with Crippen molar-refractivity contribution in [1.29, 1.82) is 0 Å². The van der Waals surface area contributed by atoms with Gasteiger partial charge in [0.15, 0.2) is 0 Å². The monoisotopic (exact) mass is 235 g/mol. The molecule has 0 aliphatic carbocycles. The van der Waals surface area contributed by atoms with Crippen molar-refractivity contribution in [3.63, 3.8) is 0 Å². The van der Waals surface area contributed by atoms with E-state index in [2.05, 4.69) is 32.9 Å². The molecule has 17 heavy (non-hydrogen) atoms. The second kappa shape index (κ2) is 6.65. The average molecular weight is 235 g/mol. The molecule has 0 saturated heterocycles. The Morgan fingerprint density at radius 3 is 2.47 bits per heavy atom. The van der Waals surface area contributed by atoms with Crippen molar-refractivity contribution in [3.05, 3.63) is 29.3 Å². The van der Waals surface area contributed by atoms with Gasteiger partial charge < -0.3 is 10.5 Å². The van der Waals surface area contributed by atoms with Gasteiger partial charge in [-0.3, -0.25) is 0 Å². The van der Waals surface area contributed by atoms with E-state index >= 15 is 0 Å². The van der Waals surface area contributed by atoms with Crippen LogP contribution in [0.4, 0.5) is 0 Å². The van der Waals surface area contributed by atoms with Crippen LogP contribution in [-0.4, -0.2) is 6.61 Å². The number of benzene rings is 1. The van der Waals surface area contributed by atoms with Crippen LogP contribution in [0.5, 0.6) is 5.75 Å². The predicted octanol–water partition coefficient (Wildman–Crippen LogP) is 3.83. The molecule has 0 bridgehead atoms. The maximum Gasteiger partial charge on any atom is 0.122 e. The molecule has 0 spiro atoms. The minimum atomic E-state index is 0.0868. The summed E-state index contributed by atoms with van der Waals surface area (Å²) in [6.07, 6.45) is 2.34. The molecule has 0 amide bonds. The first kappa shape index (κ1) is 14.0. The van der Waals surface area contributed by atoms with Crippen molar-refractivity contribution in [2.75, 3.05) is 6.61 Å². The van der Waals surface area contributed by atoms with Gasteiger partial charge in [-0.1, -0.05) is 26.0 Å². The number of rotatable bonds is 6. The number of ether oxygens (including phenoxy) is 1. The molecule has 0 fully saturated rings. The summed E-state index contributed by atoms with van der Waals surface area (Å²) in [5.74, 6) is 1.73. The minimum absolute atomic E-state index is 0.0868. The molecule has 2 heteroatoms. The highest BCUT2D eigenvalue weighted by molar-refractivity contribution is 5.37.